The summed E-state index contributed by atoms with van der Waals surface area (Å²) in [6.07, 6.45) is 0. The predicted octanol–water partition coefficient (Wildman–Crippen LogP) is -1.07. The molecule has 1 saturated heterocycles. The van der Waals surface area contributed by atoms with Gasteiger partial charge in [0.2, 0.25) is 5.91 Å². The Morgan fingerprint density at radius 2 is 1.73 bits per heavy atom. The summed E-state index contributed by atoms with van der Waals surface area (Å²) in [5.41, 5.74) is 5.25. The van der Waals surface area contributed by atoms with Gasteiger partial charge in [-0.05, 0) is 0 Å². The van der Waals surface area contributed by atoms with Crippen molar-refractivity contribution in [3.05, 3.63) is 0 Å². The van der Waals surface area contributed by atoms with E-state index in [1.807, 2.05) is 0 Å². The second kappa shape index (κ2) is 9.18. The number of piperazine rings is 1. The Labute approximate surface area is 102 Å². The van der Waals surface area contributed by atoms with Gasteiger partial charge in [0, 0.05) is 32.7 Å². The minimum absolute atomic E-state index is 0. The van der Waals surface area contributed by atoms with Crippen molar-refractivity contribution in [2.45, 2.75) is 0 Å². The fourth-order valence-corrected chi connectivity index (χ4v) is 1.49. The highest BCUT2D eigenvalue weighted by molar-refractivity contribution is 5.85. The van der Waals surface area contributed by atoms with E-state index < -0.39 is 0 Å². The molecule has 0 radical (unpaired) electrons. The Balaban J connectivity index is 0. The summed E-state index contributed by atoms with van der Waals surface area (Å²) >= 11 is 0. The van der Waals surface area contributed by atoms with Crippen molar-refractivity contribution < 1.29 is 9.90 Å². The Morgan fingerprint density at radius 3 is 2.13 bits per heavy atom. The van der Waals surface area contributed by atoms with Crippen molar-refractivity contribution in [2.24, 2.45) is 5.73 Å². The van der Waals surface area contributed by atoms with Gasteiger partial charge in [0.05, 0.1) is 13.2 Å². The zero-order valence-corrected chi connectivity index (χ0v) is 10.2. The van der Waals surface area contributed by atoms with E-state index in [1.54, 1.807) is 4.90 Å². The number of rotatable bonds is 3. The second-order valence-corrected chi connectivity index (χ2v) is 3.15. The molecule has 1 aliphatic rings. The van der Waals surface area contributed by atoms with E-state index in [1.165, 1.54) is 0 Å². The van der Waals surface area contributed by atoms with Gasteiger partial charge in [-0.25, -0.2) is 0 Å². The molecule has 0 aromatic heterocycles. The summed E-state index contributed by atoms with van der Waals surface area (Å²) in [5, 5.41) is 8.70. The summed E-state index contributed by atoms with van der Waals surface area (Å²) in [4.78, 5) is 15.1. The average molecular weight is 260 g/mol. The summed E-state index contributed by atoms with van der Waals surface area (Å²) in [6.45, 7) is 4.13. The topological polar surface area (TPSA) is 69.8 Å². The van der Waals surface area contributed by atoms with Crippen LogP contribution in [-0.4, -0.2) is 66.7 Å². The van der Waals surface area contributed by atoms with E-state index in [2.05, 4.69) is 4.90 Å². The second-order valence-electron chi connectivity index (χ2n) is 3.15. The standard InChI is InChI=1S/C8H17N3O2.2ClH/c9-7-8(13)11-3-1-10(2-4-11)5-6-12;;/h12H,1-7,9H2;2*1H. The number of amides is 1. The molecule has 1 fully saturated rings. The molecular formula is C8H19Cl2N3O2. The molecule has 5 nitrogen and oxygen atoms in total. The first kappa shape index (κ1) is 17.3. The van der Waals surface area contributed by atoms with Gasteiger partial charge in [0.15, 0.2) is 0 Å². The van der Waals surface area contributed by atoms with E-state index in [-0.39, 0.29) is 43.9 Å². The number of carbonyl (C=O) groups excluding carboxylic acids is 1. The third kappa shape index (κ3) is 5.53. The molecule has 0 atom stereocenters. The molecule has 0 unspecified atom stereocenters. The largest absolute Gasteiger partial charge is 0.395 e. The van der Waals surface area contributed by atoms with Crippen LogP contribution in [0.4, 0.5) is 0 Å². The smallest absolute Gasteiger partial charge is 0.236 e. The molecule has 0 saturated carbocycles. The van der Waals surface area contributed by atoms with Crippen LogP contribution in [0.1, 0.15) is 0 Å². The lowest BCUT2D eigenvalue weighted by Crippen LogP contribution is -2.50. The van der Waals surface area contributed by atoms with Gasteiger partial charge in [0.25, 0.3) is 0 Å². The van der Waals surface area contributed by atoms with Crippen molar-refractivity contribution in [2.75, 3.05) is 45.9 Å². The van der Waals surface area contributed by atoms with Gasteiger partial charge < -0.3 is 15.7 Å². The molecule has 0 bridgehead atoms. The van der Waals surface area contributed by atoms with Crippen LogP contribution in [0.15, 0.2) is 0 Å². The number of aliphatic hydroxyl groups excluding tert-OH is 1. The lowest BCUT2D eigenvalue weighted by Gasteiger charge is -2.34. The Bertz CT molecular complexity index is 175. The van der Waals surface area contributed by atoms with Crippen LogP contribution in [-0.2, 0) is 4.79 Å². The molecule has 1 heterocycles. The molecule has 3 N–H and O–H groups in total. The van der Waals surface area contributed by atoms with E-state index in [0.29, 0.717) is 6.54 Å². The van der Waals surface area contributed by atoms with Crippen LogP contribution in [0, 0.1) is 0 Å². The summed E-state index contributed by atoms with van der Waals surface area (Å²) < 4.78 is 0. The number of halogens is 2. The predicted molar refractivity (Wildman–Crippen MR) is 63.7 cm³/mol. The molecule has 0 aromatic carbocycles. The van der Waals surface area contributed by atoms with Crippen LogP contribution in [0.3, 0.4) is 0 Å². The maximum absolute atomic E-state index is 11.2. The number of β-amino-alcohol motifs (C(OH)–C–C–N with tert-alkyl or cyclic N) is 1. The SMILES string of the molecule is Cl.Cl.NCC(=O)N1CCN(CCO)CC1. The summed E-state index contributed by atoms with van der Waals surface area (Å²) in [7, 11) is 0. The Hall–Kier alpha value is -0.0700. The van der Waals surface area contributed by atoms with Crippen LogP contribution in [0.5, 0.6) is 0 Å². The maximum atomic E-state index is 11.2. The number of carbonyl (C=O) groups is 1. The van der Waals surface area contributed by atoms with Crippen molar-refractivity contribution >= 4 is 30.7 Å². The zero-order valence-electron chi connectivity index (χ0n) is 8.59. The highest BCUT2D eigenvalue weighted by atomic mass is 35.5. The first-order valence-corrected chi connectivity index (χ1v) is 4.59. The minimum Gasteiger partial charge on any atom is -0.395 e. The lowest BCUT2D eigenvalue weighted by atomic mass is 10.3. The fourth-order valence-electron chi connectivity index (χ4n) is 1.49. The number of nitrogens with two attached hydrogens (primary N) is 1. The molecule has 1 aliphatic heterocycles. The molecule has 0 spiro atoms. The first-order valence-electron chi connectivity index (χ1n) is 4.59. The van der Waals surface area contributed by atoms with Crippen molar-refractivity contribution in [1.82, 2.24) is 9.80 Å². The van der Waals surface area contributed by atoms with E-state index in [0.717, 1.165) is 26.2 Å². The monoisotopic (exact) mass is 259 g/mol. The Morgan fingerprint density at radius 1 is 1.20 bits per heavy atom. The number of hydrogen-bond acceptors (Lipinski definition) is 4. The van der Waals surface area contributed by atoms with Crippen LogP contribution in [0.2, 0.25) is 0 Å². The van der Waals surface area contributed by atoms with Gasteiger partial charge in [-0.1, -0.05) is 0 Å². The van der Waals surface area contributed by atoms with Crippen LogP contribution < -0.4 is 5.73 Å². The highest BCUT2D eigenvalue weighted by Crippen LogP contribution is 2.00. The zero-order chi connectivity index (χ0) is 9.68. The van der Waals surface area contributed by atoms with Crippen LogP contribution >= 0.6 is 24.8 Å². The molecule has 15 heavy (non-hydrogen) atoms. The van der Waals surface area contributed by atoms with Crippen molar-refractivity contribution in [1.29, 1.82) is 0 Å². The molecule has 1 rings (SSSR count). The summed E-state index contributed by atoms with van der Waals surface area (Å²) in [5.74, 6) is 0.0173. The van der Waals surface area contributed by atoms with Gasteiger partial charge >= 0.3 is 0 Å². The van der Waals surface area contributed by atoms with Gasteiger partial charge in [0.1, 0.15) is 0 Å². The normalized spacial score (nSPS) is 16.5. The molecule has 92 valence electrons. The number of nitrogens with zero attached hydrogens (tertiary/aromatic N) is 2. The van der Waals surface area contributed by atoms with Crippen LogP contribution in [0.25, 0.3) is 0 Å². The summed E-state index contributed by atoms with van der Waals surface area (Å²) in [6, 6.07) is 0. The first-order chi connectivity index (χ1) is 6.27. The van der Waals surface area contributed by atoms with Gasteiger partial charge in [-0.2, -0.15) is 0 Å². The molecule has 1 amide bonds. The molecular weight excluding hydrogens is 241 g/mol. The average Bonchev–Trinajstić information content (AvgIpc) is 2.18. The van der Waals surface area contributed by atoms with E-state index in [9.17, 15) is 4.79 Å². The van der Waals surface area contributed by atoms with E-state index >= 15 is 0 Å². The number of hydrogen-bond donors (Lipinski definition) is 2. The lowest BCUT2D eigenvalue weighted by molar-refractivity contribution is -0.131. The third-order valence-corrected chi connectivity index (χ3v) is 2.32. The van der Waals surface area contributed by atoms with Crippen molar-refractivity contribution in [3.63, 3.8) is 0 Å². The molecule has 0 aliphatic carbocycles. The molecule has 0 aromatic rings. The van der Waals surface area contributed by atoms with E-state index in [4.69, 9.17) is 10.8 Å². The third-order valence-electron chi connectivity index (χ3n) is 2.32. The van der Waals surface area contributed by atoms with Gasteiger partial charge in [-0.3, -0.25) is 9.69 Å². The van der Waals surface area contributed by atoms with Gasteiger partial charge in [-0.15, -0.1) is 24.8 Å². The van der Waals surface area contributed by atoms with Crippen molar-refractivity contribution in [3.8, 4) is 0 Å². The maximum Gasteiger partial charge on any atom is 0.236 e. The fraction of sp³-hybridized carbons (Fsp3) is 0.875. The highest BCUT2D eigenvalue weighted by Gasteiger charge is 2.18. The quantitative estimate of drug-likeness (QED) is 0.677. The minimum atomic E-state index is 0. The number of aliphatic hydroxyl groups is 1. The molecule has 7 heteroatoms. The Kier molecular flexibility index (Phi) is 10.6.